The Morgan fingerprint density at radius 1 is 1.16 bits per heavy atom. The van der Waals surface area contributed by atoms with Crippen LogP contribution in [0.25, 0.3) is 5.69 Å². The smallest absolute Gasteiger partial charge is 0.175 e. The number of hydrogen-bond donors (Lipinski definition) is 1. The summed E-state index contributed by atoms with van der Waals surface area (Å²) in [4.78, 5) is 0. The van der Waals surface area contributed by atoms with Crippen LogP contribution in [0.5, 0.6) is 5.75 Å². The minimum atomic E-state index is -0.303. The number of aromatic nitrogens is 4. The molecule has 1 saturated heterocycles. The van der Waals surface area contributed by atoms with E-state index in [0.717, 1.165) is 11.4 Å². The fourth-order valence-electron chi connectivity index (χ4n) is 2.45. The molecule has 4 rings (SSSR count). The Hall–Kier alpha value is -3.00. The molecule has 1 aliphatic heterocycles. The van der Waals surface area contributed by atoms with Crippen molar-refractivity contribution in [1.82, 2.24) is 20.2 Å². The highest BCUT2D eigenvalue weighted by Gasteiger charge is 2.21. The van der Waals surface area contributed by atoms with Crippen molar-refractivity contribution in [3.63, 3.8) is 0 Å². The van der Waals surface area contributed by atoms with E-state index >= 15 is 0 Å². The Kier molecular flexibility index (Phi) is 4.26. The second kappa shape index (κ2) is 6.86. The first-order chi connectivity index (χ1) is 12.3. The van der Waals surface area contributed by atoms with Gasteiger partial charge in [-0.1, -0.05) is 12.1 Å². The Bertz CT molecular complexity index is 848. The van der Waals surface area contributed by atoms with E-state index in [1.807, 2.05) is 24.3 Å². The quantitative estimate of drug-likeness (QED) is 0.741. The summed E-state index contributed by atoms with van der Waals surface area (Å²) in [5.41, 5.74) is 1.54. The fourth-order valence-corrected chi connectivity index (χ4v) is 2.45. The molecule has 3 aromatic rings. The molecule has 7 nitrogen and oxygen atoms in total. The number of anilines is 1. The van der Waals surface area contributed by atoms with Gasteiger partial charge in [0, 0.05) is 0 Å². The van der Waals surface area contributed by atoms with Crippen molar-refractivity contribution in [3.05, 3.63) is 60.2 Å². The lowest BCUT2D eigenvalue weighted by Crippen LogP contribution is -2.38. The van der Waals surface area contributed by atoms with E-state index in [1.54, 1.807) is 16.8 Å². The Balaban J connectivity index is 1.49. The first-order valence-corrected chi connectivity index (χ1v) is 7.90. The summed E-state index contributed by atoms with van der Waals surface area (Å²) >= 11 is 0. The van der Waals surface area contributed by atoms with E-state index in [2.05, 4.69) is 20.8 Å². The molecule has 2 aromatic carbocycles. The number of para-hydroxylation sites is 2. The van der Waals surface area contributed by atoms with Gasteiger partial charge in [0.25, 0.3) is 0 Å². The predicted molar refractivity (Wildman–Crippen MR) is 88.1 cm³/mol. The van der Waals surface area contributed by atoms with Crippen LogP contribution < -0.4 is 10.1 Å². The zero-order chi connectivity index (χ0) is 17.1. The minimum absolute atomic E-state index is 0.0903. The molecule has 1 aromatic heterocycles. The summed E-state index contributed by atoms with van der Waals surface area (Å²) in [6.45, 7) is 1.61. The fraction of sp³-hybridized carbons (Fsp3) is 0.235. The molecule has 0 saturated carbocycles. The van der Waals surface area contributed by atoms with Gasteiger partial charge < -0.3 is 14.8 Å². The van der Waals surface area contributed by atoms with Gasteiger partial charge in [0.15, 0.2) is 5.82 Å². The third kappa shape index (κ3) is 3.43. The van der Waals surface area contributed by atoms with Crippen LogP contribution in [0.15, 0.2) is 48.5 Å². The molecule has 128 valence electrons. The zero-order valence-corrected chi connectivity index (χ0v) is 13.3. The lowest BCUT2D eigenvalue weighted by atomic mass is 10.2. The number of nitrogens with zero attached hydrogens (tertiary/aromatic N) is 4. The molecular formula is C17H16FN5O2. The molecule has 0 unspecified atom stereocenters. The molecule has 1 aliphatic rings. The van der Waals surface area contributed by atoms with Gasteiger partial charge in [0.2, 0.25) is 0 Å². The van der Waals surface area contributed by atoms with Crippen LogP contribution >= 0.6 is 0 Å². The highest BCUT2D eigenvalue weighted by molar-refractivity contribution is 5.56. The first kappa shape index (κ1) is 15.5. The van der Waals surface area contributed by atoms with Crippen LogP contribution in [0.3, 0.4) is 0 Å². The second-order valence-electron chi connectivity index (χ2n) is 5.61. The van der Waals surface area contributed by atoms with Crippen LogP contribution in [0, 0.1) is 5.82 Å². The van der Waals surface area contributed by atoms with Gasteiger partial charge in [-0.15, -0.1) is 5.10 Å². The molecular weight excluding hydrogens is 325 g/mol. The number of benzene rings is 2. The van der Waals surface area contributed by atoms with Gasteiger partial charge in [-0.2, -0.15) is 4.68 Å². The SMILES string of the molecule is Fc1ccc(-n2nnnc2CNc2ccccc2OC2COC2)cc1. The van der Waals surface area contributed by atoms with Gasteiger partial charge in [0.1, 0.15) is 17.7 Å². The van der Waals surface area contributed by atoms with Crippen LogP contribution in [0.1, 0.15) is 5.82 Å². The average Bonchev–Trinajstić information content (AvgIpc) is 3.06. The number of nitrogens with one attached hydrogen (secondary N) is 1. The largest absolute Gasteiger partial charge is 0.483 e. The maximum Gasteiger partial charge on any atom is 0.175 e. The van der Waals surface area contributed by atoms with Gasteiger partial charge in [0.05, 0.1) is 31.1 Å². The molecule has 0 spiro atoms. The molecule has 8 heteroatoms. The minimum Gasteiger partial charge on any atom is -0.483 e. The average molecular weight is 341 g/mol. The van der Waals surface area contributed by atoms with Gasteiger partial charge in [-0.3, -0.25) is 0 Å². The molecule has 0 amide bonds. The van der Waals surface area contributed by atoms with E-state index in [-0.39, 0.29) is 11.9 Å². The van der Waals surface area contributed by atoms with Crippen molar-refractivity contribution < 1.29 is 13.9 Å². The summed E-state index contributed by atoms with van der Waals surface area (Å²) in [7, 11) is 0. The van der Waals surface area contributed by atoms with E-state index in [4.69, 9.17) is 9.47 Å². The van der Waals surface area contributed by atoms with Crippen molar-refractivity contribution >= 4 is 5.69 Å². The summed E-state index contributed by atoms with van der Waals surface area (Å²) in [5, 5.41) is 15.0. The topological polar surface area (TPSA) is 74.1 Å². The van der Waals surface area contributed by atoms with Crippen molar-refractivity contribution in [2.24, 2.45) is 0 Å². The standard InChI is InChI=1S/C17H16FN5O2/c18-12-5-7-13(8-6-12)23-17(20-21-22-23)9-19-15-3-1-2-4-16(15)25-14-10-24-11-14/h1-8,14,19H,9-11H2. The van der Waals surface area contributed by atoms with E-state index in [1.165, 1.54) is 12.1 Å². The normalized spacial score (nSPS) is 14.1. The Morgan fingerprint density at radius 2 is 1.96 bits per heavy atom. The Morgan fingerprint density at radius 3 is 2.72 bits per heavy atom. The summed E-state index contributed by atoms with van der Waals surface area (Å²) in [6.07, 6.45) is 0.0903. The summed E-state index contributed by atoms with van der Waals surface area (Å²) in [5.74, 6) is 1.06. The van der Waals surface area contributed by atoms with Crippen LogP contribution in [-0.2, 0) is 11.3 Å². The van der Waals surface area contributed by atoms with E-state index in [9.17, 15) is 4.39 Å². The second-order valence-corrected chi connectivity index (χ2v) is 5.61. The molecule has 1 N–H and O–H groups in total. The van der Waals surface area contributed by atoms with Crippen LogP contribution in [0.2, 0.25) is 0 Å². The number of hydrogen-bond acceptors (Lipinski definition) is 6. The van der Waals surface area contributed by atoms with Crippen LogP contribution in [0.4, 0.5) is 10.1 Å². The molecule has 0 radical (unpaired) electrons. The zero-order valence-electron chi connectivity index (χ0n) is 13.3. The third-order valence-electron chi connectivity index (χ3n) is 3.83. The molecule has 0 aliphatic carbocycles. The van der Waals surface area contributed by atoms with Crippen molar-refractivity contribution in [2.75, 3.05) is 18.5 Å². The van der Waals surface area contributed by atoms with Gasteiger partial charge in [-0.05, 0) is 46.8 Å². The summed E-state index contributed by atoms with van der Waals surface area (Å²) < 4.78 is 25.7. The van der Waals surface area contributed by atoms with E-state index < -0.39 is 0 Å². The van der Waals surface area contributed by atoms with Crippen molar-refractivity contribution in [3.8, 4) is 11.4 Å². The molecule has 25 heavy (non-hydrogen) atoms. The lowest BCUT2D eigenvalue weighted by molar-refractivity contribution is -0.0794. The summed E-state index contributed by atoms with van der Waals surface area (Å²) in [6, 6.07) is 13.7. The van der Waals surface area contributed by atoms with E-state index in [0.29, 0.717) is 31.3 Å². The number of rotatable bonds is 6. The van der Waals surface area contributed by atoms with Crippen molar-refractivity contribution in [1.29, 1.82) is 0 Å². The number of tetrazole rings is 1. The third-order valence-corrected chi connectivity index (χ3v) is 3.83. The molecule has 2 heterocycles. The maximum atomic E-state index is 13.1. The van der Waals surface area contributed by atoms with Gasteiger partial charge >= 0.3 is 0 Å². The number of ether oxygens (including phenoxy) is 2. The highest BCUT2D eigenvalue weighted by atomic mass is 19.1. The van der Waals surface area contributed by atoms with Crippen LogP contribution in [-0.4, -0.2) is 39.5 Å². The lowest BCUT2D eigenvalue weighted by Gasteiger charge is -2.27. The first-order valence-electron chi connectivity index (χ1n) is 7.90. The van der Waals surface area contributed by atoms with Crippen molar-refractivity contribution in [2.45, 2.75) is 12.6 Å². The highest BCUT2D eigenvalue weighted by Crippen LogP contribution is 2.26. The molecule has 0 bridgehead atoms. The predicted octanol–water partition coefficient (Wildman–Crippen LogP) is 2.19. The number of halogens is 1. The Labute approximate surface area is 143 Å². The van der Waals surface area contributed by atoms with Gasteiger partial charge in [-0.25, -0.2) is 4.39 Å². The molecule has 1 fully saturated rings. The molecule has 0 atom stereocenters. The maximum absolute atomic E-state index is 13.1. The monoisotopic (exact) mass is 341 g/mol.